The lowest BCUT2D eigenvalue weighted by Gasteiger charge is -2.26. The van der Waals surface area contributed by atoms with Crippen LogP contribution in [0, 0.1) is 0 Å². The van der Waals surface area contributed by atoms with E-state index in [-0.39, 0.29) is 0 Å². The van der Waals surface area contributed by atoms with Crippen molar-refractivity contribution >= 4 is 20.4 Å². The Balaban J connectivity index is 3.93. The zero-order valence-electron chi connectivity index (χ0n) is 10.1. The van der Waals surface area contributed by atoms with Crippen molar-refractivity contribution in [3.8, 4) is 0 Å². The van der Waals surface area contributed by atoms with Gasteiger partial charge >= 0.3 is 8.80 Å². The van der Waals surface area contributed by atoms with Crippen LogP contribution in [0.1, 0.15) is 39.5 Å². The Labute approximate surface area is 99.4 Å². The highest BCUT2D eigenvalue weighted by atomic mass is 35.5. The van der Waals surface area contributed by atoms with Gasteiger partial charge in [-0.05, 0) is 12.8 Å². The average molecular weight is 255 g/mol. The van der Waals surface area contributed by atoms with Gasteiger partial charge in [0, 0.05) is 20.3 Å². The molecule has 0 saturated carbocycles. The van der Waals surface area contributed by atoms with Crippen LogP contribution in [0.4, 0.5) is 0 Å². The summed E-state index contributed by atoms with van der Waals surface area (Å²) in [4.78, 5) is 0. The van der Waals surface area contributed by atoms with E-state index < -0.39 is 8.80 Å². The molecule has 0 bridgehead atoms. The lowest BCUT2D eigenvalue weighted by molar-refractivity contribution is 0.0806. The van der Waals surface area contributed by atoms with Gasteiger partial charge in [0.1, 0.15) is 0 Å². The van der Waals surface area contributed by atoms with Gasteiger partial charge in [-0.25, -0.2) is 0 Å². The Morgan fingerprint density at radius 1 is 1.00 bits per heavy atom. The molecule has 0 aromatic heterocycles. The highest BCUT2D eigenvalue weighted by molar-refractivity contribution is 6.69. The van der Waals surface area contributed by atoms with E-state index in [1.54, 1.807) is 7.11 Å². The first-order chi connectivity index (χ1) is 7.24. The third kappa shape index (κ3) is 6.53. The topological polar surface area (TPSA) is 27.7 Å². The van der Waals surface area contributed by atoms with Crippen LogP contribution in [-0.4, -0.2) is 34.6 Å². The van der Waals surface area contributed by atoms with Crippen LogP contribution in [0.15, 0.2) is 0 Å². The summed E-state index contributed by atoms with van der Waals surface area (Å²) in [6, 6.07) is 0. The van der Waals surface area contributed by atoms with E-state index >= 15 is 0 Å². The Bertz CT molecular complexity index is 131. The Morgan fingerprint density at radius 2 is 1.47 bits per heavy atom. The molecule has 0 aliphatic carbocycles. The van der Waals surface area contributed by atoms with Gasteiger partial charge in [-0.3, -0.25) is 0 Å². The fourth-order valence-corrected chi connectivity index (χ4v) is 3.32. The quantitative estimate of drug-likeness (QED) is 0.341. The van der Waals surface area contributed by atoms with Gasteiger partial charge in [0.15, 0.2) is 0 Å². The summed E-state index contributed by atoms with van der Waals surface area (Å²) in [7, 11) is -0.935. The van der Waals surface area contributed by atoms with Crippen molar-refractivity contribution < 1.29 is 13.3 Å². The summed E-state index contributed by atoms with van der Waals surface area (Å²) >= 11 is 5.87. The largest absolute Gasteiger partial charge is 0.516 e. The van der Waals surface area contributed by atoms with Crippen molar-refractivity contribution in [2.24, 2.45) is 0 Å². The molecule has 0 N–H and O–H groups in total. The third-order valence-corrected chi connectivity index (χ3v) is 5.33. The summed E-state index contributed by atoms with van der Waals surface area (Å²) in [5.74, 6) is 0. The van der Waals surface area contributed by atoms with Gasteiger partial charge in [-0.1, -0.05) is 26.7 Å². The lowest BCUT2D eigenvalue weighted by Crippen LogP contribution is -2.48. The Hall–Kier alpha value is 0.387. The van der Waals surface area contributed by atoms with E-state index in [0.29, 0.717) is 18.7 Å². The molecule has 3 nitrogen and oxygen atoms in total. The van der Waals surface area contributed by atoms with Crippen LogP contribution in [0.3, 0.4) is 0 Å². The number of hydrogen-bond acceptors (Lipinski definition) is 3. The summed E-state index contributed by atoms with van der Waals surface area (Å²) in [5.41, 5.74) is 0.330. The molecule has 0 unspecified atom stereocenters. The molecule has 0 aliphatic rings. The molecule has 0 radical (unpaired) electrons. The zero-order chi connectivity index (χ0) is 11.6. The predicted molar refractivity (Wildman–Crippen MR) is 65.2 cm³/mol. The van der Waals surface area contributed by atoms with Gasteiger partial charge < -0.3 is 13.3 Å². The van der Waals surface area contributed by atoms with Gasteiger partial charge in [0.25, 0.3) is 0 Å². The molecule has 0 saturated heterocycles. The highest BCUT2D eigenvalue weighted by Crippen LogP contribution is 2.12. The summed E-state index contributed by atoms with van der Waals surface area (Å²) in [6.07, 6.45) is 4.25. The fraction of sp³-hybridized carbons (Fsp3) is 1.00. The summed E-state index contributed by atoms with van der Waals surface area (Å²) in [5, 5.41) is 0. The smallest absolute Gasteiger partial charge is 0.376 e. The first kappa shape index (κ1) is 15.4. The molecule has 92 valence electrons. The number of alkyl halides is 1. The van der Waals surface area contributed by atoms with Gasteiger partial charge in [-0.15, -0.1) is 11.6 Å². The van der Waals surface area contributed by atoms with Crippen LogP contribution < -0.4 is 0 Å². The van der Waals surface area contributed by atoms with Crippen LogP contribution in [0.25, 0.3) is 0 Å². The van der Waals surface area contributed by atoms with Crippen LogP contribution >= 0.6 is 11.6 Å². The minimum absolute atomic E-state index is 0.330. The number of halogens is 1. The molecule has 0 aliphatic heterocycles. The molecule has 0 fully saturated rings. The van der Waals surface area contributed by atoms with Crippen molar-refractivity contribution in [2.45, 2.75) is 39.5 Å². The van der Waals surface area contributed by atoms with Gasteiger partial charge in [0.05, 0.1) is 5.50 Å². The van der Waals surface area contributed by atoms with Crippen molar-refractivity contribution in [3.63, 3.8) is 0 Å². The van der Waals surface area contributed by atoms with Crippen molar-refractivity contribution in [1.29, 1.82) is 0 Å². The maximum atomic E-state index is 5.87. The van der Waals surface area contributed by atoms with Crippen LogP contribution in [0.5, 0.6) is 0 Å². The molecule has 0 aromatic rings. The van der Waals surface area contributed by atoms with Crippen molar-refractivity contribution in [1.82, 2.24) is 0 Å². The molecular formula is C10H23ClO3Si. The standard InChI is InChI=1S/C10H23ClO3Si/c1-4-6-8-13-15(10-11,12-3)14-9-7-5-2/h4-10H2,1-3H3. The van der Waals surface area contributed by atoms with E-state index in [1.165, 1.54) is 0 Å². The third-order valence-electron chi connectivity index (χ3n) is 2.11. The Morgan fingerprint density at radius 3 is 1.73 bits per heavy atom. The monoisotopic (exact) mass is 254 g/mol. The van der Waals surface area contributed by atoms with Crippen LogP contribution in [-0.2, 0) is 13.3 Å². The highest BCUT2D eigenvalue weighted by Gasteiger charge is 2.39. The summed E-state index contributed by atoms with van der Waals surface area (Å²) < 4.78 is 16.7. The molecule has 0 rings (SSSR count). The maximum absolute atomic E-state index is 5.87. The average Bonchev–Trinajstić information content (AvgIpc) is 2.28. The molecule has 0 heterocycles. The second kappa shape index (κ2) is 9.60. The minimum atomic E-state index is -2.55. The lowest BCUT2D eigenvalue weighted by atomic mass is 10.4. The zero-order valence-corrected chi connectivity index (χ0v) is 11.8. The van der Waals surface area contributed by atoms with Crippen molar-refractivity contribution in [3.05, 3.63) is 0 Å². The first-order valence-corrected chi connectivity index (χ1v) is 8.10. The molecule has 15 heavy (non-hydrogen) atoms. The van der Waals surface area contributed by atoms with E-state index in [4.69, 9.17) is 24.9 Å². The van der Waals surface area contributed by atoms with Gasteiger partial charge in [0.2, 0.25) is 0 Å². The number of unbranched alkanes of at least 4 members (excludes halogenated alkanes) is 2. The molecule has 0 amide bonds. The van der Waals surface area contributed by atoms with E-state index in [2.05, 4.69) is 13.8 Å². The van der Waals surface area contributed by atoms with E-state index in [0.717, 1.165) is 25.7 Å². The van der Waals surface area contributed by atoms with Crippen LogP contribution in [0.2, 0.25) is 0 Å². The maximum Gasteiger partial charge on any atom is 0.516 e. The second-order valence-electron chi connectivity index (χ2n) is 3.42. The number of hydrogen-bond donors (Lipinski definition) is 0. The van der Waals surface area contributed by atoms with E-state index in [9.17, 15) is 0 Å². The molecule has 0 aromatic carbocycles. The van der Waals surface area contributed by atoms with Crippen molar-refractivity contribution in [2.75, 3.05) is 25.8 Å². The van der Waals surface area contributed by atoms with E-state index in [1.807, 2.05) is 0 Å². The SMILES string of the molecule is CCCCO[Si](CCl)(OC)OCCCC. The molecule has 0 atom stereocenters. The second-order valence-corrected chi connectivity index (χ2v) is 6.85. The molecule has 0 spiro atoms. The fourth-order valence-electron chi connectivity index (χ4n) is 1.04. The first-order valence-electron chi connectivity index (χ1n) is 5.63. The molecular weight excluding hydrogens is 232 g/mol. The predicted octanol–water partition coefficient (Wildman–Crippen LogP) is 2.98. The summed E-state index contributed by atoms with van der Waals surface area (Å²) in [6.45, 7) is 5.60. The minimum Gasteiger partial charge on any atom is -0.376 e. The Kier molecular flexibility index (Phi) is 9.85. The number of rotatable bonds is 10. The molecule has 5 heteroatoms. The van der Waals surface area contributed by atoms with Gasteiger partial charge in [-0.2, -0.15) is 0 Å². The normalized spacial score (nSPS) is 12.0.